The van der Waals surface area contributed by atoms with Gasteiger partial charge >= 0.3 is 0 Å². The second-order valence-corrected chi connectivity index (χ2v) is 7.24. The quantitative estimate of drug-likeness (QED) is 0.224. The third-order valence-electron chi connectivity index (χ3n) is 4.82. The normalized spacial score (nSPS) is 11.5. The molecule has 0 aliphatic carbocycles. The molecule has 0 aromatic heterocycles. The van der Waals surface area contributed by atoms with Crippen LogP contribution in [-0.4, -0.2) is 24.5 Å². The van der Waals surface area contributed by atoms with E-state index in [0.29, 0.717) is 0 Å². The third kappa shape index (κ3) is 18.1. The second kappa shape index (κ2) is 20.0. The minimum Gasteiger partial charge on any atom is -0.303 e. The highest BCUT2D eigenvalue weighted by molar-refractivity contribution is 4.69. The third-order valence-corrected chi connectivity index (χ3v) is 4.82. The summed E-state index contributed by atoms with van der Waals surface area (Å²) in [5.41, 5.74) is 0. The number of rotatable bonds is 19. The predicted molar refractivity (Wildman–Crippen MR) is 107 cm³/mol. The van der Waals surface area contributed by atoms with Crippen LogP contribution < -0.4 is 0 Å². The highest BCUT2D eigenvalue weighted by Gasteiger charge is 2.04. The van der Waals surface area contributed by atoms with E-state index in [2.05, 4.69) is 32.1 Å². The Morgan fingerprint density at radius 1 is 0.478 bits per heavy atom. The van der Waals surface area contributed by atoms with Crippen LogP contribution in [0.4, 0.5) is 0 Å². The fourth-order valence-electron chi connectivity index (χ4n) is 3.17. The fraction of sp³-hybridized carbons (Fsp3) is 0.955. The summed E-state index contributed by atoms with van der Waals surface area (Å²) in [6, 6.07) is 0. The summed E-state index contributed by atoms with van der Waals surface area (Å²) in [4.78, 5) is 2.74. The van der Waals surface area contributed by atoms with Crippen molar-refractivity contribution >= 4 is 0 Å². The van der Waals surface area contributed by atoms with Crippen molar-refractivity contribution < 1.29 is 0 Å². The van der Waals surface area contributed by atoms with E-state index in [1.807, 2.05) is 0 Å². The maximum Gasteiger partial charge on any atom is -0.00160 e. The monoisotopic (exact) mass is 324 g/mol. The van der Waals surface area contributed by atoms with Gasteiger partial charge in [0.05, 0.1) is 0 Å². The Morgan fingerprint density at radius 3 is 1.48 bits per heavy atom. The average molecular weight is 325 g/mol. The van der Waals surface area contributed by atoms with Crippen LogP contribution in [0.5, 0.6) is 0 Å². The lowest BCUT2D eigenvalue weighted by Crippen LogP contribution is -2.27. The molecule has 0 aliphatic heterocycles. The highest BCUT2D eigenvalue weighted by Crippen LogP contribution is 2.10. The molecule has 0 fully saturated rings. The number of nitrogens with zero attached hydrogens (tertiary/aromatic N) is 1. The van der Waals surface area contributed by atoms with Gasteiger partial charge < -0.3 is 4.90 Å². The van der Waals surface area contributed by atoms with E-state index in [0.717, 1.165) is 0 Å². The summed E-state index contributed by atoms with van der Waals surface area (Å²) in [6.45, 7) is 10.9. The molecule has 0 aromatic rings. The second-order valence-electron chi connectivity index (χ2n) is 7.24. The summed E-state index contributed by atoms with van der Waals surface area (Å²) in [5.74, 6) is 0. The Labute approximate surface area is 148 Å². The van der Waals surface area contributed by atoms with E-state index >= 15 is 0 Å². The smallest absolute Gasteiger partial charge is 0.00160 e. The summed E-state index contributed by atoms with van der Waals surface area (Å²) in [7, 11) is 0. The van der Waals surface area contributed by atoms with Gasteiger partial charge in [-0.2, -0.15) is 0 Å². The molecule has 0 spiro atoms. The van der Waals surface area contributed by atoms with Crippen LogP contribution >= 0.6 is 0 Å². The zero-order chi connectivity index (χ0) is 17.0. The van der Waals surface area contributed by atoms with Gasteiger partial charge in [-0.3, -0.25) is 0 Å². The van der Waals surface area contributed by atoms with E-state index in [9.17, 15) is 0 Å². The van der Waals surface area contributed by atoms with Crippen LogP contribution in [0.2, 0.25) is 0 Å². The first kappa shape index (κ1) is 23.0. The van der Waals surface area contributed by atoms with Crippen LogP contribution in [0.1, 0.15) is 117 Å². The van der Waals surface area contributed by atoms with E-state index < -0.39 is 0 Å². The Bertz CT molecular complexity index is 190. The zero-order valence-electron chi connectivity index (χ0n) is 16.8. The molecule has 1 nitrogen and oxygen atoms in total. The molecule has 0 heterocycles. The molecule has 0 N–H and O–H groups in total. The van der Waals surface area contributed by atoms with E-state index in [1.165, 1.54) is 116 Å². The van der Waals surface area contributed by atoms with Gasteiger partial charge in [0.15, 0.2) is 0 Å². The minimum absolute atomic E-state index is 1.30. The maximum atomic E-state index is 2.74. The van der Waals surface area contributed by atoms with E-state index in [4.69, 9.17) is 0 Å². The van der Waals surface area contributed by atoms with Crippen LogP contribution in [0.15, 0.2) is 0 Å². The van der Waals surface area contributed by atoms with Crippen LogP contribution in [0.25, 0.3) is 0 Å². The van der Waals surface area contributed by atoms with Gasteiger partial charge in [0.2, 0.25) is 0 Å². The van der Waals surface area contributed by atoms with Gasteiger partial charge in [0, 0.05) is 0 Å². The average Bonchev–Trinajstić information content (AvgIpc) is 2.57. The lowest BCUT2D eigenvalue weighted by Gasteiger charge is -2.22. The van der Waals surface area contributed by atoms with Gasteiger partial charge in [-0.25, -0.2) is 0 Å². The first-order chi connectivity index (χ1) is 11.3. The molecule has 0 saturated heterocycles. The molecule has 1 heteroatoms. The number of hydrogen-bond donors (Lipinski definition) is 0. The van der Waals surface area contributed by atoms with Crippen molar-refractivity contribution in [2.24, 2.45) is 0 Å². The maximum absolute atomic E-state index is 2.74. The molecule has 23 heavy (non-hydrogen) atoms. The molecular weight excluding hydrogens is 278 g/mol. The molecule has 0 unspecified atom stereocenters. The van der Waals surface area contributed by atoms with Crippen molar-refractivity contribution in [3.05, 3.63) is 6.42 Å². The molecule has 1 radical (unpaired) electrons. The minimum atomic E-state index is 1.30. The molecule has 0 saturated carbocycles. The SMILES string of the molecule is CCCCCCC[CH]CCN(CCCCCC)CCCCCC. The molecule has 0 atom stereocenters. The fourth-order valence-corrected chi connectivity index (χ4v) is 3.17. The predicted octanol–water partition coefficient (Wildman–Crippen LogP) is 7.40. The molecule has 0 bridgehead atoms. The van der Waals surface area contributed by atoms with Crippen LogP contribution in [0, 0.1) is 6.42 Å². The van der Waals surface area contributed by atoms with Crippen molar-refractivity contribution in [3.8, 4) is 0 Å². The Morgan fingerprint density at radius 2 is 0.957 bits per heavy atom. The molecular formula is C22H46N. The summed E-state index contributed by atoms with van der Waals surface area (Å²) in [5, 5.41) is 0. The van der Waals surface area contributed by atoms with E-state index in [-0.39, 0.29) is 0 Å². The first-order valence-electron chi connectivity index (χ1n) is 10.9. The highest BCUT2D eigenvalue weighted by atomic mass is 15.1. The largest absolute Gasteiger partial charge is 0.303 e. The van der Waals surface area contributed by atoms with E-state index in [1.54, 1.807) is 0 Å². The number of unbranched alkanes of at least 4 members (excludes halogenated alkanes) is 13. The van der Waals surface area contributed by atoms with Gasteiger partial charge in [-0.05, 0) is 45.3 Å². The molecule has 139 valence electrons. The molecule has 0 aromatic carbocycles. The van der Waals surface area contributed by atoms with Crippen molar-refractivity contribution in [1.82, 2.24) is 4.90 Å². The first-order valence-corrected chi connectivity index (χ1v) is 10.9. The van der Waals surface area contributed by atoms with Crippen molar-refractivity contribution in [3.63, 3.8) is 0 Å². The lowest BCUT2D eigenvalue weighted by molar-refractivity contribution is 0.262. The Balaban J connectivity index is 3.64. The summed E-state index contributed by atoms with van der Waals surface area (Å²) in [6.07, 6.45) is 23.4. The van der Waals surface area contributed by atoms with Crippen molar-refractivity contribution in [1.29, 1.82) is 0 Å². The van der Waals surface area contributed by atoms with Gasteiger partial charge in [0.1, 0.15) is 0 Å². The molecule has 0 aliphatic rings. The Hall–Kier alpha value is -0.0400. The van der Waals surface area contributed by atoms with Gasteiger partial charge in [0.25, 0.3) is 0 Å². The molecule has 0 amide bonds. The van der Waals surface area contributed by atoms with Gasteiger partial charge in [-0.15, -0.1) is 0 Å². The molecule has 0 rings (SSSR count). The topological polar surface area (TPSA) is 3.24 Å². The Kier molecular flexibility index (Phi) is 20.0. The van der Waals surface area contributed by atoms with Crippen molar-refractivity contribution in [2.75, 3.05) is 19.6 Å². The van der Waals surface area contributed by atoms with Crippen LogP contribution in [0.3, 0.4) is 0 Å². The zero-order valence-corrected chi connectivity index (χ0v) is 16.8. The van der Waals surface area contributed by atoms with Gasteiger partial charge in [-0.1, -0.05) is 97.8 Å². The standard InChI is InChI=1S/C22H46N/c1-4-7-10-13-14-15-16-19-22-23(20-17-11-8-5-2)21-18-12-9-6-3/h16H,4-15,17-22H2,1-3H3. The van der Waals surface area contributed by atoms with Crippen molar-refractivity contribution in [2.45, 2.75) is 117 Å². The lowest BCUT2D eigenvalue weighted by atomic mass is 10.1. The van der Waals surface area contributed by atoms with Crippen LogP contribution in [-0.2, 0) is 0 Å². The number of hydrogen-bond acceptors (Lipinski definition) is 1. The summed E-state index contributed by atoms with van der Waals surface area (Å²) >= 11 is 0. The summed E-state index contributed by atoms with van der Waals surface area (Å²) < 4.78 is 0.